The highest BCUT2D eigenvalue weighted by Gasteiger charge is 2.09. The first kappa shape index (κ1) is 15.2. The molecule has 2 heterocycles. The van der Waals surface area contributed by atoms with E-state index in [1.807, 2.05) is 26.2 Å². The first-order chi connectivity index (χ1) is 10.2. The van der Waals surface area contributed by atoms with Crippen LogP contribution >= 0.6 is 0 Å². The molecule has 0 aliphatic rings. The van der Waals surface area contributed by atoms with Crippen LogP contribution in [-0.4, -0.2) is 33.4 Å². The van der Waals surface area contributed by atoms with Gasteiger partial charge in [-0.05, 0) is 13.3 Å². The Bertz CT molecular complexity index is 571. The Balaban J connectivity index is 2.28. The number of ether oxygens (including phenoxy) is 1. The second kappa shape index (κ2) is 7.03. The lowest BCUT2D eigenvalue weighted by Crippen LogP contribution is -2.07. The molecule has 0 aromatic carbocycles. The molecule has 0 atom stereocenters. The van der Waals surface area contributed by atoms with Gasteiger partial charge in [0, 0.05) is 33.0 Å². The first-order valence-corrected chi connectivity index (χ1v) is 7.06. The molecule has 0 bridgehead atoms. The molecule has 0 unspecified atom stereocenters. The summed E-state index contributed by atoms with van der Waals surface area (Å²) in [7, 11) is 3.54. The zero-order valence-corrected chi connectivity index (χ0v) is 13.0. The van der Waals surface area contributed by atoms with Crippen molar-refractivity contribution in [3.05, 3.63) is 23.8 Å². The van der Waals surface area contributed by atoms with E-state index in [1.165, 1.54) is 0 Å². The van der Waals surface area contributed by atoms with E-state index in [4.69, 9.17) is 4.74 Å². The standard InChI is InChI=1S/C14H22N6O/c1-5-10-11(8-20(3)19-10)16-13-7-12(15-6-2)17-14(18-13)9-21-4/h7-8H,5-6,9H2,1-4H3,(H2,15,16,17,18). The Kier molecular flexibility index (Phi) is 5.10. The molecule has 2 aromatic rings. The van der Waals surface area contributed by atoms with Crippen LogP contribution in [0, 0.1) is 0 Å². The Labute approximate surface area is 124 Å². The van der Waals surface area contributed by atoms with Crippen molar-refractivity contribution in [2.75, 3.05) is 24.3 Å². The largest absolute Gasteiger partial charge is 0.377 e. The number of anilines is 3. The van der Waals surface area contributed by atoms with E-state index in [-0.39, 0.29) is 0 Å². The third-order valence-corrected chi connectivity index (χ3v) is 2.91. The molecular weight excluding hydrogens is 268 g/mol. The monoisotopic (exact) mass is 290 g/mol. The Morgan fingerprint density at radius 2 is 2.00 bits per heavy atom. The van der Waals surface area contributed by atoms with Crippen LogP contribution in [0.25, 0.3) is 0 Å². The van der Waals surface area contributed by atoms with Gasteiger partial charge in [0.1, 0.15) is 18.2 Å². The van der Waals surface area contributed by atoms with Crippen LogP contribution in [0.1, 0.15) is 25.4 Å². The van der Waals surface area contributed by atoms with Gasteiger partial charge in [-0.25, -0.2) is 9.97 Å². The molecule has 114 valence electrons. The lowest BCUT2D eigenvalue weighted by molar-refractivity contribution is 0.178. The van der Waals surface area contributed by atoms with Crippen molar-refractivity contribution >= 4 is 17.3 Å². The van der Waals surface area contributed by atoms with Gasteiger partial charge in [0.15, 0.2) is 5.82 Å². The van der Waals surface area contributed by atoms with E-state index < -0.39 is 0 Å². The molecule has 7 heteroatoms. The number of nitrogens with zero attached hydrogens (tertiary/aromatic N) is 4. The molecule has 0 amide bonds. The third-order valence-electron chi connectivity index (χ3n) is 2.91. The van der Waals surface area contributed by atoms with Crippen molar-refractivity contribution in [3.63, 3.8) is 0 Å². The predicted molar refractivity (Wildman–Crippen MR) is 82.8 cm³/mol. The van der Waals surface area contributed by atoms with E-state index in [2.05, 4.69) is 32.6 Å². The Hall–Kier alpha value is -2.15. The average molecular weight is 290 g/mol. The number of methoxy groups -OCH3 is 1. The van der Waals surface area contributed by atoms with Crippen LogP contribution < -0.4 is 10.6 Å². The Morgan fingerprint density at radius 1 is 1.24 bits per heavy atom. The minimum atomic E-state index is 0.377. The molecule has 2 rings (SSSR count). The maximum atomic E-state index is 5.12. The summed E-state index contributed by atoms with van der Waals surface area (Å²) in [5, 5.41) is 10.9. The summed E-state index contributed by atoms with van der Waals surface area (Å²) in [5.41, 5.74) is 1.97. The van der Waals surface area contributed by atoms with Crippen LogP contribution in [0.15, 0.2) is 12.3 Å². The highest BCUT2D eigenvalue weighted by Crippen LogP contribution is 2.21. The van der Waals surface area contributed by atoms with Crippen molar-refractivity contribution in [1.82, 2.24) is 19.7 Å². The summed E-state index contributed by atoms with van der Waals surface area (Å²) in [6.07, 6.45) is 2.81. The van der Waals surface area contributed by atoms with Crippen molar-refractivity contribution in [1.29, 1.82) is 0 Å². The fraction of sp³-hybridized carbons (Fsp3) is 0.500. The summed E-state index contributed by atoms with van der Waals surface area (Å²) < 4.78 is 6.91. The molecular formula is C14H22N6O. The lowest BCUT2D eigenvalue weighted by Gasteiger charge is -2.10. The zero-order chi connectivity index (χ0) is 15.2. The van der Waals surface area contributed by atoms with E-state index in [1.54, 1.807) is 11.8 Å². The molecule has 0 aliphatic carbocycles. The van der Waals surface area contributed by atoms with Crippen molar-refractivity contribution < 1.29 is 4.74 Å². The summed E-state index contributed by atoms with van der Waals surface area (Å²) in [5.74, 6) is 2.15. The van der Waals surface area contributed by atoms with E-state index >= 15 is 0 Å². The molecule has 0 saturated heterocycles. The van der Waals surface area contributed by atoms with Crippen molar-refractivity contribution in [2.24, 2.45) is 7.05 Å². The minimum Gasteiger partial charge on any atom is -0.377 e. The number of nitrogens with one attached hydrogen (secondary N) is 2. The van der Waals surface area contributed by atoms with E-state index in [9.17, 15) is 0 Å². The Morgan fingerprint density at radius 3 is 2.67 bits per heavy atom. The van der Waals surface area contributed by atoms with Gasteiger partial charge >= 0.3 is 0 Å². The molecule has 0 aliphatic heterocycles. The first-order valence-electron chi connectivity index (χ1n) is 7.06. The van der Waals surface area contributed by atoms with Gasteiger partial charge in [0.05, 0.1) is 11.4 Å². The normalized spacial score (nSPS) is 10.7. The summed E-state index contributed by atoms with van der Waals surface area (Å²) in [6.45, 7) is 5.28. The van der Waals surface area contributed by atoms with Crippen LogP contribution in [0.4, 0.5) is 17.3 Å². The number of hydrogen-bond acceptors (Lipinski definition) is 6. The van der Waals surface area contributed by atoms with Gasteiger partial charge in [0.25, 0.3) is 0 Å². The van der Waals surface area contributed by atoms with Gasteiger partial charge in [0.2, 0.25) is 0 Å². The molecule has 0 radical (unpaired) electrons. The fourth-order valence-corrected chi connectivity index (χ4v) is 2.06. The quantitative estimate of drug-likeness (QED) is 0.813. The summed E-state index contributed by atoms with van der Waals surface area (Å²) in [4.78, 5) is 8.86. The molecule has 0 spiro atoms. The maximum absolute atomic E-state index is 5.12. The molecule has 2 N–H and O–H groups in total. The molecule has 7 nitrogen and oxygen atoms in total. The smallest absolute Gasteiger partial charge is 0.158 e. The number of aromatic nitrogens is 4. The molecule has 2 aromatic heterocycles. The van der Waals surface area contributed by atoms with Crippen molar-refractivity contribution in [3.8, 4) is 0 Å². The van der Waals surface area contributed by atoms with Crippen LogP contribution in [0.2, 0.25) is 0 Å². The summed E-state index contributed by atoms with van der Waals surface area (Å²) in [6, 6.07) is 1.88. The fourth-order valence-electron chi connectivity index (χ4n) is 2.06. The van der Waals surface area contributed by atoms with Gasteiger partial charge in [-0.15, -0.1) is 0 Å². The maximum Gasteiger partial charge on any atom is 0.158 e. The number of hydrogen-bond donors (Lipinski definition) is 2. The van der Waals surface area contributed by atoms with Gasteiger partial charge in [-0.1, -0.05) is 6.92 Å². The molecule has 0 saturated carbocycles. The van der Waals surface area contributed by atoms with Gasteiger partial charge in [-0.2, -0.15) is 5.10 Å². The van der Waals surface area contributed by atoms with E-state index in [0.29, 0.717) is 12.4 Å². The van der Waals surface area contributed by atoms with Crippen LogP contribution in [0.3, 0.4) is 0 Å². The average Bonchev–Trinajstić information content (AvgIpc) is 2.79. The molecule has 21 heavy (non-hydrogen) atoms. The second-order valence-electron chi connectivity index (χ2n) is 4.66. The lowest BCUT2D eigenvalue weighted by atomic mass is 10.3. The highest BCUT2D eigenvalue weighted by molar-refractivity contribution is 5.60. The minimum absolute atomic E-state index is 0.377. The number of aryl methyl sites for hydroxylation is 2. The van der Waals surface area contributed by atoms with E-state index in [0.717, 1.165) is 36.0 Å². The van der Waals surface area contributed by atoms with Crippen molar-refractivity contribution in [2.45, 2.75) is 26.9 Å². The van der Waals surface area contributed by atoms with Gasteiger partial charge in [-0.3, -0.25) is 4.68 Å². The highest BCUT2D eigenvalue weighted by atomic mass is 16.5. The molecule has 0 fully saturated rings. The van der Waals surface area contributed by atoms with Crippen LogP contribution in [-0.2, 0) is 24.8 Å². The third kappa shape index (κ3) is 3.91. The van der Waals surface area contributed by atoms with Crippen LogP contribution in [0.5, 0.6) is 0 Å². The summed E-state index contributed by atoms with van der Waals surface area (Å²) >= 11 is 0. The second-order valence-corrected chi connectivity index (χ2v) is 4.66. The SMILES string of the molecule is CCNc1cc(Nc2cn(C)nc2CC)nc(COC)n1. The topological polar surface area (TPSA) is 76.9 Å². The number of rotatable bonds is 7. The zero-order valence-electron chi connectivity index (χ0n) is 13.0. The predicted octanol–water partition coefficient (Wildman–Crippen LogP) is 2.09. The van der Waals surface area contributed by atoms with Gasteiger partial charge < -0.3 is 15.4 Å².